The van der Waals surface area contributed by atoms with Gasteiger partial charge in [-0.05, 0) is 12.3 Å². The molecule has 0 bridgehead atoms. The van der Waals surface area contributed by atoms with Crippen LogP contribution in [0.1, 0.15) is 0 Å². The largest absolute Gasteiger partial charge is 0.405 e. The van der Waals surface area contributed by atoms with Crippen LogP contribution in [0, 0.1) is 0 Å². The molecule has 0 heterocycles. The predicted octanol–water partition coefficient (Wildman–Crippen LogP) is -0.846. The molecule has 0 saturated carbocycles. The SMILES string of the molecule is [B]C(=O)/C=C/N. The highest BCUT2D eigenvalue weighted by atomic mass is 16.1. The van der Waals surface area contributed by atoms with Gasteiger partial charge in [-0.25, -0.2) is 0 Å². The van der Waals surface area contributed by atoms with E-state index in [1.54, 1.807) is 0 Å². The normalized spacial score (nSPS) is 9.33. The molecule has 0 atom stereocenters. The standard InChI is InChI=1S/C3H4BNO/c4-3(6)1-2-5/h1-2H,5H2/b2-1+. The summed E-state index contributed by atoms with van der Waals surface area (Å²) in [5.41, 5.74) is 4.23. The molecule has 0 saturated heterocycles. The smallest absolute Gasteiger partial charge is 0.174 e. The Kier molecular flexibility index (Phi) is 2.21. The Balaban J connectivity index is 3.30. The zero-order chi connectivity index (χ0) is 4.99. The molecule has 6 heavy (non-hydrogen) atoms. The van der Waals surface area contributed by atoms with Gasteiger partial charge in [0.1, 0.15) is 0 Å². The number of hydrogen-bond acceptors (Lipinski definition) is 2. The van der Waals surface area contributed by atoms with Crippen LogP contribution in [0.25, 0.3) is 0 Å². The summed E-state index contributed by atoms with van der Waals surface area (Å²) in [6, 6.07) is 0. The molecule has 0 aliphatic heterocycles. The summed E-state index contributed by atoms with van der Waals surface area (Å²) in [7, 11) is 4.60. The average Bonchev–Trinajstić information content (AvgIpc) is 1.35. The lowest BCUT2D eigenvalue weighted by Gasteiger charge is -1.69. The van der Waals surface area contributed by atoms with Crippen LogP contribution in [0.4, 0.5) is 0 Å². The molecular formula is C3H4BNO. The van der Waals surface area contributed by atoms with Crippen molar-refractivity contribution in [3.63, 3.8) is 0 Å². The molecule has 0 aliphatic rings. The first-order valence-corrected chi connectivity index (χ1v) is 1.45. The van der Waals surface area contributed by atoms with Gasteiger partial charge in [-0.3, -0.25) is 0 Å². The second kappa shape index (κ2) is 2.51. The van der Waals surface area contributed by atoms with Crippen molar-refractivity contribution < 1.29 is 4.79 Å². The second-order valence-corrected chi connectivity index (χ2v) is 0.761. The molecule has 2 N–H and O–H groups in total. The zero-order valence-corrected chi connectivity index (χ0v) is 3.22. The van der Waals surface area contributed by atoms with E-state index in [-0.39, 0.29) is 0 Å². The first-order valence-electron chi connectivity index (χ1n) is 1.45. The molecule has 0 amide bonds. The first-order chi connectivity index (χ1) is 2.77. The third-order valence-corrected chi connectivity index (χ3v) is 0.260. The molecule has 0 rings (SSSR count). The molecule has 2 nitrogen and oxygen atoms in total. The molecule has 0 fully saturated rings. The van der Waals surface area contributed by atoms with E-state index in [0.717, 1.165) is 12.3 Å². The lowest BCUT2D eigenvalue weighted by Crippen LogP contribution is -1.89. The summed E-state index contributed by atoms with van der Waals surface area (Å²) in [5.74, 6) is 0. The highest BCUT2D eigenvalue weighted by Gasteiger charge is 1.73. The van der Waals surface area contributed by atoms with Gasteiger partial charge in [-0.15, -0.1) is 0 Å². The van der Waals surface area contributed by atoms with E-state index >= 15 is 0 Å². The molecule has 0 spiro atoms. The van der Waals surface area contributed by atoms with E-state index in [4.69, 9.17) is 5.73 Å². The van der Waals surface area contributed by atoms with Crippen LogP contribution in [0.2, 0.25) is 0 Å². The highest BCUT2D eigenvalue weighted by molar-refractivity contribution is 6.60. The Morgan fingerprint density at radius 3 is 2.33 bits per heavy atom. The zero-order valence-electron chi connectivity index (χ0n) is 3.22. The van der Waals surface area contributed by atoms with Crippen molar-refractivity contribution in [1.29, 1.82) is 0 Å². The molecule has 0 aromatic carbocycles. The number of nitrogens with two attached hydrogens (primary N) is 1. The second-order valence-electron chi connectivity index (χ2n) is 0.761. The van der Waals surface area contributed by atoms with Crippen LogP contribution in [0.5, 0.6) is 0 Å². The van der Waals surface area contributed by atoms with Crippen LogP contribution >= 0.6 is 0 Å². The summed E-state index contributed by atoms with van der Waals surface area (Å²) < 4.78 is 0. The molecule has 0 aromatic heterocycles. The van der Waals surface area contributed by atoms with Crippen molar-refractivity contribution in [2.45, 2.75) is 0 Å². The van der Waals surface area contributed by atoms with Crippen molar-refractivity contribution in [2.75, 3.05) is 0 Å². The monoisotopic (exact) mass is 81.0 g/mol. The van der Waals surface area contributed by atoms with Gasteiger partial charge in [0.25, 0.3) is 0 Å². The van der Waals surface area contributed by atoms with Gasteiger partial charge in [0.05, 0.1) is 5.68 Å². The Morgan fingerprint density at radius 1 is 1.83 bits per heavy atom. The fourth-order valence-corrected chi connectivity index (χ4v) is 0.0948. The quantitative estimate of drug-likeness (QED) is 0.330. The molecule has 0 aliphatic carbocycles. The Morgan fingerprint density at radius 2 is 2.33 bits per heavy atom. The van der Waals surface area contributed by atoms with Gasteiger partial charge in [0, 0.05) is 0 Å². The van der Waals surface area contributed by atoms with Gasteiger partial charge in [0.2, 0.25) is 0 Å². The first kappa shape index (κ1) is 5.27. The molecule has 3 heteroatoms. The number of allylic oxidation sites excluding steroid dienone is 1. The minimum atomic E-state index is -0.516. The van der Waals surface area contributed by atoms with Crippen molar-refractivity contribution in [1.82, 2.24) is 0 Å². The van der Waals surface area contributed by atoms with E-state index in [0.29, 0.717) is 0 Å². The highest BCUT2D eigenvalue weighted by Crippen LogP contribution is 1.58. The van der Waals surface area contributed by atoms with Crippen LogP contribution in [-0.2, 0) is 4.79 Å². The number of rotatable bonds is 1. The molecular weight excluding hydrogens is 76.9 g/mol. The molecule has 2 radical (unpaired) electrons. The Hall–Kier alpha value is -0.725. The molecule has 0 aromatic rings. The van der Waals surface area contributed by atoms with Gasteiger partial charge in [-0.1, -0.05) is 0 Å². The van der Waals surface area contributed by atoms with Crippen LogP contribution in [0.15, 0.2) is 12.3 Å². The lowest BCUT2D eigenvalue weighted by molar-refractivity contribution is -0.107. The predicted molar refractivity (Wildman–Crippen MR) is 24.1 cm³/mol. The summed E-state index contributed by atoms with van der Waals surface area (Å²) in [5, 5.41) is 0. The number of carbonyl (C=O) groups excluding carboxylic acids is 1. The van der Waals surface area contributed by atoms with E-state index in [1.807, 2.05) is 0 Å². The van der Waals surface area contributed by atoms with E-state index in [1.165, 1.54) is 0 Å². The summed E-state index contributed by atoms with van der Waals surface area (Å²) in [4.78, 5) is 9.65. The summed E-state index contributed by atoms with van der Waals surface area (Å²) >= 11 is 0. The fourth-order valence-electron chi connectivity index (χ4n) is 0.0948. The van der Waals surface area contributed by atoms with Crippen LogP contribution in [0.3, 0.4) is 0 Å². The minimum absolute atomic E-state index is 0.516. The maximum absolute atomic E-state index is 9.65. The van der Waals surface area contributed by atoms with E-state index < -0.39 is 5.68 Å². The summed E-state index contributed by atoms with van der Waals surface area (Å²) in [6.07, 6.45) is 2.18. The van der Waals surface area contributed by atoms with Crippen LogP contribution < -0.4 is 5.73 Å². The minimum Gasteiger partial charge on any atom is -0.405 e. The van der Waals surface area contributed by atoms with Crippen molar-refractivity contribution in [2.24, 2.45) is 5.73 Å². The fraction of sp³-hybridized carbons (Fsp3) is 0. The lowest BCUT2D eigenvalue weighted by atomic mass is 10.0. The maximum Gasteiger partial charge on any atom is 0.174 e. The Bertz CT molecular complexity index is 78.9. The topological polar surface area (TPSA) is 43.1 Å². The summed E-state index contributed by atoms with van der Waals surface area (Å²) in [6.45, 7) is 0. The van der Waals surface area contributed by atoms with E-state index in [2.05, 4.69) is 7.85 Å². The van der Waals surface area contributed by atoms with Crippen molar-refractivity contribution in [3.8, 4) is 0 Å². The molecule has 30 valence electrons. The average molecular weight is 80.9 g/mol. The van der Waals surface area contributed by atoms with Gasteiger partial charge in [-0.2, -0.15) is 0 Å². The van der Waals surface area contributed by atoms with Gasteiger partial charge in [0.15, 0.2) is 7.85 Å². The third-order valence-electron chi connectivity index (χ3n) is 0.260. The van der Waals surface area contributed by atoms with Crippen molar-refractivity contribution >= 4 is 13.5 Å². The van der Waals surface area contributed by atoms with Crippen molar-refractivity contribution in [3.05, 3.63) is 12.3 Å². The maximum atomic E-state index is 9.65. The van der Waals surface area contributed by atoms with Crippen LogP contribution in [-0.4, -0.2) is 13.5 Å². The Labute approximate surface area is 37.4 Å². The number of hydrogen-bond donors (Lipinski definition) is 1. The van der Waals surface area contributed by atoms with Gasteiger partial charge >= 0.3 is 0 Å². The number of carbonyl (C=O) groups is 1. The third kappa shape index (κ3) is 3.27. The van der Waals surface area contributed by atoms with Gasteiger partial charge < -0.3 is 10.5 Å². The molecule has 0 unspecified atom stereocenters. The van der Waals surface area contributed by atoms with E-state index in [9.17, 15) is 4.79 Å².